The van der Waals surface area contributed by atoms with Crippen LogP contribution in [0.2, 0.25) is 0 Å². The summed E-state index contributed by atoms with van der Waals surface area (Å²) < 4.78 is 0. The number of nitrogens with one attached hydrogen (secondary N) is 1. The number of hydrogen-bond acceptors (Lipinski definition) is 2. The van der Waals surface area contributed by atoms with E-state index in [1.54, 1.807) is 0 Å². The third-order valence-corrected chi connectivity index (χ3v) is 5.09. The summed E-state index contributed by atoms with van der Waals surface area (Å²) in [6, 6.07) is 1.60. The van der Waals surface area contributed by atoms with Gasteiger partial charge in [-0.3, -0.25) is 4.90 Å². The summed E-state index contributed by atoms with van der Waals surface area (Å²) in [5, 5.41) is 3.93. The van der Waals surface area contributed by atoms with Gasteiger partial charge < -0.3 is 5.32 Å². The summed E-state index contributed by atoms with van der Waals surface area (Å²) in [6.45, 7) is 3.20. The average molecular weight is 232 g/mol. The topological polar surface area (TPSA) is 15.3 Å². The van der Waals surface area contributed by atoms with E-state index >= 15 is 0 Å². The predicted octanol–water partition coefficient (Wildman–Crippen LogP) is 1.86. The SMILES string of the molecule is C#CCN1CCC(NC2CC3CCC2C3)CC1. The van der Waals surface area contributed by atoms with Crippen molar-refractivity contribution in [2.24, 2.45) is 11.8 Å². The normalized spacial score (nSPS) is 38.4. The molecule has 1 aliphatic heterocycles. The Labute approximate surface area is 105 Å². The lowest BCUT2D eigenvalue weighted by atomic mass is 9.93. The van der Waals surface area contributed by atoms with E-state index in [2.05, 4.69) is 16.1 Å². The van der Waals surface area contributed by atoms with Crippen LogP contribution in [0.3, 0.4) is 0 Å². The molecule has 1 N–H and O–H groups in total. The van der Waals surface area contributed by atoms with Gasteiger partial charge in [-0.2, -0.15) is 0 Å². The van der Waals surface area contributed by atoms with Crippen molar-refractivity contribution >= 4 is 0 Å². The smallest absolute Gasteiger partial charge is 0.0598 e. The molecule has 17 heavy (non-hydrogen) atoms. The zero-order valence-electron chi connectivity index (χ0n) is 10.7. The summed E-state index contributed by atoms with van der Waals surface area (Å²) in [4.78, 5) is 2.40. The highest BCUT2D eigenvalue weighted by molar-refractivity contribution is 4.96. The van der Waals surface area contributed by atoms with Gasteiger partial charge in [0.05, 0.1) is 6.54 Å². The number of rotatable bonds is 3. The number of hydrogen-bond donors (Lipinski definition) is 1. The van der Waals surface area contributed by atoms with E-state index in [0.717, 1.165) is 30.5 Å². The van der Waals surface area contributed by atoms with E-state index in [1.807, 2.05) is 0 Å². The summed E-state index contributed by atoms with van der Waals surface area (Å²) in [7, 11) is 0. The van der Waals surface area contributed by atoms with Crippen molar-refractivity contribution < 1.29 is 0 Å². The Morgan fingerprint density at radius 2 is 1.94 bits per heavy atom. The van der Waals surface area contributed by atoms with Crippen LogP contribution in [0.5, 0.6) is 0 Å². The van der Waals surface area contributed by atoms with Crippen molar-refractivity contribution in [2.45, 2.75) is 50.6 Å². The standard InChI is InChI=1S/C15H24N2/c1-2-7-17-8-5-14(6-9-17)16-15-11-12-3-4-13(15)10-12/h1,12-16H,3-11H2. The zero-order chi connectivity index (χ0) is 11.7. The van der Waals surface area contributed by atoms with Crippen molar-refractivity contribution in [3.8, 4) is 12.3 Å². The van der Waals surface area contributed by atoms with Crippen LogP contribution in [0.1, 0.15) is 38.5 Å². The summed E-state index contributed by atoms with van der Waals surface area (Å²) in [6.07, 6.45) is 13.9. The van der Waals surface area contributed by atoms with Gasteiger partial charge in [0.25, 0.3) is 0 Å². The monoisotopic (exact) mass is 232 g/mol. The molecule has 0 radical (unpaired) electrons. The third-order valence-electron chi connectivity index (χ3n) is 5.09. The fraction of sp³-hybridized carbons (Fsp3) is 0.867. The van der Waals surface area contributed by atoms with Gasteiger partial charge in [0.1, 0.15) is 0 Å². The lowest BCUT2D eigenvalue weighted by Crippen LogP contribution is -2.47. The maximum absolute atomic E-state index is 5.36. The van der Waals surface area contributed by atoms with E-state index in [1.165, 1.54) is 51.6 Å². The lowest BCUT2D eigenvalue weighted by Gasteiger charge is -2.35. The minimum absolute atomic E-state index is 0.758. The van der Waals surface area contributed by atoms with Crippen LogP contribution in [0.15, 0.2) is 0 Å². The molecule has 0 spiro atoms. The Morgan fingerprint density at radius 3 is 2.53 bits per heavy atom. The summed E-state index contributed by atoms with van der Waals surface area (Å²) >= 11 is 0. The maximum atomic E-state index is 5.36. The molecule has 3 aliphatic rings. The first-order valence-electron chi connectivity index (χ1n) is 7.27. The second-order valence-corrected chi connectivity index (χ2v) is 6.20. The predicted molar refractivity (Wildman–Crippen MR) is 70.7 cm³/mol. The van der Waals surface area contributed by atoms with E-state index in [4.69, 9.17) is 6.42 Å². The fourth-order valence-corrected chi connectivity index (χ4v) is 4.14. The van der Waals surface area contributed by atoms with E-state index in [9.17, 15) is 0 Å². The van der Waals surface area contributed by atoms with Crippen LogP contribution < -0.4 is 5.32 Å². The highest BCUT2D eigenvalue weighted by Gasteiger charge is 2.40. The molecule has 2 bridgehead atoms. The third kappa shape index (κ3) is 2.51. The molecule has 2 saturated carbocycles. The highest BCUT2D eigenvalue weighted by atomic mass is 15.1. The Kier molecular flexibility index (Phi) is 3.40. The minimum atomic E-state index is 0.758. The van der Waals surface area contributed by atoms with E-state index in [0.29, 0.717) is 0 Å². The first-order valence-corrected chi connectivity index (χ1v) is 7.27. The van der Waals surface area contributed by atoms with Gasteiger partial charge >= 0.3 is 0 Å². The van der Waals surface area contributed by atoms with E-state index < -0.39 is 0 Å². The molecule has 3 rings (SSSR count). The minimum Gasteiger partial charge on any atom is -0.311 e. The molecule has 0 aromatic heterocycles. The Hall–Kier alpha value is -0.520. The van der Waals surface area contributed by atoms with Gasteiger partial charge in [-0.1, -0.05) is 12.3 Å². The van der Waals surface area contributed by atoms with Crippen molar-refractivity contribution in [2.75, 3.05) is 19.6 Å². The summed E-state index contributed by atoms with van der Waals surface area (Å²) in [5.41, 5.74) is 0. The van der Waals surface area contributed by atoms with Gasteiger partial charge in [-0.25, -0.2) is 0 Å². The van der Waals surface area contributed by atoms with Crippen LogP contribution >= 0.6 is 0 Å². The largest absolute Gasteiger partial charge is 0.311 e. The second-order valence-electron chi connectivity index (χ2n) is 6.20. The van der Waals surface area contributed by atoms with Crippen molar-refractivity contribution in [1.82, 2.24) is 10.2 Å². The Balaban J connectivity index is 1.44. The molecule has 3 atom stereocenters. The number of nitrogens with zero attached hydrogens (tertiary/aromatic N) is 1. The first kappa shape index (κ1) is 11.6. The zero-order valence-corrected chi connectivity index (χ0v) is 10.7. The van der Waals surface area contributed by atoms with Gasteiger partial charge in [0, 0.05) is 25.2 Å². The molecule has 3 unspecified atom stereocenters. The number of piperidine rings is 1. The van der Waals surface area contributed by atoms with Crippen LogP contribution in [-0.4, -0.2) is 36.6 Å². The molecule has 1 heterocycles. The fourth-order valence-electron chi connectivity index (χ4n) is 4.14. The van der Waals surface area contributed by atoms with Gasteiger partial charge in [0.15, 0.2) is 0 Å². The Bertz CT molecular complexity index is 299. The first-order chi connectivity index (χ1) is 8.35. The molecule has 2 aliphatic carbocycles. The quantitative estimate of drug-likeness (QED) is 0.747. The molecular formula is C15H24N2. The van der Waals surface area contributed by atoms with Crippen LogP contribution in [0, 0.1) is 24.2 Å². The lowest BCUT2D eigenvalue weighted by molar-refractivity contribution is 0.196. The molecule has 2 heteroatoms. The van der Waals surface area contributed by atoms with Crippen LogP contribution in [0.25, 0.3) is 0 Å². The van der Waals surface area contributed by atoms with Gasteiger partial charge in [-0.15, -0.1) is 6.42 Å². The van der Waals surface area contributed by atoms with Gasteiger partial charge in [0.2, 0.25) is 0 Å². The molecular weight excluding hydrogens is 208 g/mol. The second kappa shape index (κ2) is 5.00. The number of likely N-dealkylation sites (tertiary alicyclic amines) is 1. The van der Waals surface area contributed by atoms with Gasteiger partial charge in [-0.05, 0) is 43.9 Å². The molecule has 94 valence electrons. The maximum Gasteiger partial charge on any atom is 0.0598 e. The number of terminal acetylenes is 1. The molecule has 1 saturated heterocycles. The van der Waals surface area contributed by atoms with Crippen molar-refractivity contribution in [1.29, 1.82) is 0 Å². The summed E-state index contributed by atoms with van der Waals surface area (Å²) in [5.74, 6) is 4.81. The molecule has 0 aromatic rings. The van der Waals surface area contributed by atoms with Crippen LogP contribution in [-0.2, 0) is 0 Å². The van der Waals surface area contributed by atoms with Crippen molar-refractivity contribution in [3.05, 3.63) is 0 Å². The highest BCUT2D eigenvalue weighted by Crippen LogP contribution is 2.44. The Morgan fingerprint density at radius 1 is 1.12 bits per heavy atom. The van der Waals surface area contributed by atoms with Crippen LogP contribution in [0.4, 0.5) is 0 Å². The molecule has 0 aromatic carbocycles. The average Bonchev–Trinajstić information content (AvgIpc) is 2.94. The molecule has 0 amide bonds. The van der Waals surface area contributed by atoms with Crippen molar-refractivity contribution in [3.63, 3.8) is 0 Å². The van der Waals surface area contributed by atoms with E-state index in [-0.39, 0.29) is 0 Å². The molecule has 3 fully saturated rings. The number of fused-ring (bicyclic) bond motifs is 2. The molecule has 2 nitrogen and oxygen atoms in total.